The highest BCUT2D eigenvalue weighted by molar-refractivity contribution is 9.10. The van der Waals surface area contributed by atoms with Gasteiger partial charge >= 0.3 is 0 Å². The van der Waals surface area contributed by atoms with E-state index < -0.39 is 5.92 Å². The van der Waals surface area contributed by atoms with Crippen LogP contribution in [0.2, 0.25) is 0 Å². The van der Waals surface area contributed by atoms with Gasteiger partial charge in [0.1, 0.15) is 0 Å². The molecule has 3 aliphatic carbocycles. The van der Waals surface area contributed by atoms with Crippen LogP contribution in [0.15, 0.2) is 64.1 Å². The topological polar surface area (TPSA) is 37.4 Å². The molecule has 2 aromatic rings. The fraction of sp³-hybridized carbons (Fsp3) is 0.200. The molecule has 0 aromatic heterocycles. The zero-order valence-corrected chi connectivity index (χ0v) is 15.4. The predicted octanol–water partition coefficient (Wildman–Crippen LogP) is 4.57. The summed E-state index contributed by atoms with van der Waals surface area (Å²) in [6.45, 7) is 0. The van der Waals surface area contributed by atoms with Crippen molar-refractivity contribution in [1.82, 2.24) is 0 Å². The first-order valence-corrected chi connectivity index (χ1v) is 9.34. The number of allylic oxidation sites excluding steroid dienone is 2. The minimum Gasteiger partial charge on any atom is -0.274 e. The monoisotopic (exact) mass is 413 g/mol. The lowest BCUT2D eigenvalue weighted by atomic mass is 9.60. The first-order chi connectivity index (χ1) is 12.1. The van der Waals surface area contributed by atoms with E-state index in [-0.39, 0.29) is 29.6 Å². The average Bonchev–Trinajstić information content (AvgIpc) is 2.87. The van der Waals surface area contributed by atoms with Gasteiger partial charge in [0, 0.05) is 21.3 Å². The summed E-state index contributed by atoms with van der Waals surface area (Å²) >= 11 is 9.93. The maximum absolute atomic E-state index is 13.2. The second-order valence-corrected chi connectivity index (χ2v) is 8.08. The Labute approximate surface area is 158 Å². The molecule has 3 nitrogen and oxygen atoms in total. The van der Waals surface area contributed by atoms with Gasteiger partial charge in [0.05, 0.1) is 17.5 Å². The fourth-order valence-corrected chi connectivity index (χ4v) is 5.36. The molecule has 1 aliphatic heterocycles. The minimum absolute atomic E-state index is 0.127. The molecule has 2 aromatic carbocycles. The molecule has 124 valence electrons. The third-order valence-electron chi connectivity index (χ3n) is 5.54. The molecule has 0 unspecified atom stereocenters. The molecule has 2 amide bonds. The van der Waals surface area contributed by atoms with Gasteiger partial charge in [-0.15, -0.1) is 0 Å². The summed E-state index contributed by atoms with van der Waals surface area (Å²) in [6, 6.07) is 15.3. The maximum atomic E-state index is 13.2. The Morgan fingerprint density at radius 2 is 1.64 bits per heavy atom. The van der Waals surface area contributed by atoms with Crippen molar-refractivity contribution in [3.8, 4) is 0 Å². The molecule has 0 saturated carbocycles. The van der Waals surface area contributed by atoms with Crippen LogP contribution in [0.3, 0.4) is 0 Å². The van der Waals surface area contributed by atoms with E-state index in [1.54, 1.807) is 12.1 Å². The molecule has 1 fully saturated rings. The molecule has 1 saturated heterocycles. The first-order valence-electron chi connectivity index (χ1n) is 8.17. The number of hydrogen-bond donors (Lipinski definition) is 0. The number of halogens is 2. The van der Waals surface area contributed by atoms with E-state index in [1.165, 1.54) is 4.90 Å². The Morgan fingerprint density at radius 3 is 2.40 bits per heavy atom. The van der Waals surface area contributed by atoms with Crippen LogP contribution in [0.25, 0.3) is 0 Å². The summed E-state index contributed by atoms with van der Waals surface area (Å²) in [4.78, 5) is 27.7. The largest absolute Gasteiger partial charge is 0.274 e. The standard InChI is InChI=1S/C20H13BrClNO2/c21-10-4-3-5-11(8-10)23-19(24)17-14-9-15(22)16(18(17)20(23)25)13-7-2-1-6-12(13)14/h1-9,14,16-18H/t14-,16+,17+,18-/m0/s1. The number of hydrogen-bond acceptors (Lipinski definition) is 2. The van der Waals surface area contributed by atoms with Crippen molar-refractivity contribution in [2.75, 3.05) is 4.90 Å². The van der Waals surface area contributed by atoms with Crippen molar-refractivity contribution in [2.45, 2.75) is 11.8 Å². The molecule has 1 heterocycles. The van der Waals surface area contributed by atoms with Crippen LogP contribution in [0.4, 0.5) is 5.69 Å². The lowest BCUT2D eigenvalue weighted by Gasteiger charge is -2.42. The molecule has 0 N–H and O–H groups in total. The van der Waals surface area contributed by atoms with Gasteiger partial charge in [0.15, 0.2) is 0 Å². The highest BCUT2D eigenvalue weighted by atomic mass is 79.9. The van der Waals surface area contributed by atoms with Crippen LogP contribution in [0.1, 0.15) is 23.0 Å². The Hall–Kier alpha value is -1.91. The molecule has 25 heavy (non-hydrogen) atoms. The normalized spacial score (nSPS) is 29.5. The molecular formula is C20H13BrClNO2. The first kappa shape index (κ1) is 15.4. The maximum Gasteiger partial charge on any atom is 0.238 e. The number of rotatable bonds is 1. The van der Waals surface area contributed by atoms with E-state index in [0.29, 0.717) is 10.7 Å². The summed E-state index contributed by atoms with van der Waals surface area (Å²) in [5, 5.41) is 0.683. The molecule has 0 spiro atoms. The van der Waals surface area contributed by atoms with Gasteiger partial charge in [-0.1, -0.05) is 63.9 Å². The van der Waals surface area contributed by atoms with E-state index in [9.17, 15) is 9.59 Å². The van der Waals surface area contributed by atoms with Gasteiger partial charge in [0.2, 0.25) is 11.8 Å². The van der Waals surface area contributed by atoms with Gasteiger partial charge in [-0.2, -0.15) is 0 Å². The molecule has 5 heteroatoms. The van der Waals surface area contributed by atoms with Crippen LogP contribution in [0.5, 0.6) is 0 Å². The minimum atomic E-state index is -0.413. The summed E-state index contributed by atoms with van der Waals surface area (Å²) in [5.74, 6) is -1.41. The number of nitrogens with zero attached hydrogens (tertiary/aromatic N) is 1. The predicted molar refractivity (Wildman–Crippen MR) is 99.5 cm³/mol. The van der Waals surface area contributed by atoms with Crippen molar-refractivity contribution < 1.29 is 9.59 Å². The Balaban J connectivity index is 1.66. The number of carbonyl (C=O) groups is 2. The van der Waals surface area contributed by atoms with Crippen LogP contribution >= 0.6 is 27.5 Å². The van der Waals surface area contributed by atoms with Crippen LogP contribution < -0.4 is 4.90 Å². The van der Waals surface area contributed by atoms with E-state index in [4.69, 9.17) is 11.6 Å². The van der Waals surface area contributed by atoms with E-state index in [2.05, 4.69) is 15.9 Å². The number of anilines is 1. The second kappa shape index (κ2) is 5.29. The fourth-order valence-electron chi connectivity index (χ4n) is 4.58. The molecule has 4 aliphatic rings. The van der Waals surface area contributed by atoms with Crippen molar-refractivity contribution in [2.24, 2.45) is 11.8 Å². The van der Waals surface area contributed by atoms with Crippen LogP contribution in [-0.4, -0.2) is 11.8 Å². The summed E-state index contributed by atoms with van der Waals surface area (Å²) in [6.07, 6.45) is 1.96. The number of imide groups is 1. The van der Waals surface area contributed by atoms with Gasteiger partial charge in [-0.3, -0.25) is 9.59 Å². The van der Waals surface area contributed by atoms with Crippen LogP contribution in [0, 0.1) is 11.8 Å². The average molecular weight is 415 g/mol. The van der Waals surface area contributed by atoms with Gasteiger partial charge in [0.25, 0.3) is 0 Å². The zero-order valence-electron chi connectivity index (χ0n) is 13.0. The summed E-state index contributed by atoms with van der Waals surface area (Å²) < 4.78 is 0.836. The van der Waals surface area contributed by atoms with Crippen molar-refractivity contribution in [3.05, 3.63) is 75.2 Å². The van der Waals surface area contributed by atoms with Crippen molar-refractivity contribution >= 4 is 45.0 Å². The highest BCUT2D eigenvalue weighted by Gasteiger charge is 2.60. The van der Waals surface area contributed by atoms with Gasteiger partial charge < -0.3 is 0 Å². The van der Waals surface area contributed by atoms with E-state index >= 15 is 0 Å². The Bertz CT molecular complexity index is 970. The highest BCUT2D eigenvalue weighted by Crippen LogP contribution is 2.59. The van der Waals surface area contributed by atoms with Crippen LogP contribution in [-0.2, 0) is 9.59 Å². The SMILES string of the molecule is O=C1[C@@H]2[C@H](C(=O)N1c1cccc(Br)c1)[C@H]1C=C(Cl)[C@H]2c2ccccc21. The second-order valence-electron chi connectivity index (χ2n) is 6.73. The van der Waals surface area contributed by atoms with Gasteiger partial charge in [-0.05, 0) is 29.3 Å². The number of amides is 2. The quantitative estimate of drug-likeness (QED) is 0.641. The molecular weight excluding hydrogens is 402 g/mol. The van der Waals surface area contributed by atoms with E-state index in [1.807, 2.05) is 42.5 Å². The molecule has 4 atom stereocenters. The molecule has 6 rings (SSSR count). The lowest BCUT2D eigenvalue weighted by molar-refractivity contribution is -0.122. The summed E-state index contributed by atoms with van der Waals surface area (Å²) in [7, 11) is 0. The number of carbonyl (C=O) groups excluding carboxylic acids is 2. The Morgan fingerprint density at radius 1 is 0.920 bits per heavy atom. The van der Waals surface area contributed by atoms with E-state index in [0.717, 1.165) is 15.6 Å². The van der Waals surface area contributed by atoms with Gasteiger partial charge in [-0.25, -0.2) is 4.90 Å². The molecule has 0 radical (unpaired) electrons. The van der Waals surface area contributed by atoms with Crippen molar-refractivity contribution in [1.29, 1.82) is 0 Å². The third kappa shape index (κ3) is 1.98. The smallest absolute Gasteiger partial charge is 0.238 e. The third-order valence-corrected chi connectivity index (χ3v) is 6.39. The van der Waals surface area contributed by atoms with Crippen molar-refractivity contribution in [3.63, 3.8) is 0 Å². The number of benzene rings is 2. The Kier molecular flexibility index (Phi) is 3.25. The zero-order chi connectivity index (χ0) is 17.3. The summed E-state index contributed by atoms with van der Waals surface area (Å²) in [5.41, 5.74) is 2.81. The molecule has 2 bridgehead atoms. The lowest BCUT2D eigenvalue weighted by Crippen LogP contribution is -2.38.